The van der Waals surface area contributed by atoms with Crippen LogP contribution in [0.2, 0.25) is 0 Å². The van der Waals surface area contributed by atoms with Crippen molar-refractivity contribution in [3.63, 3.8) is 0 Å². The Balaban J connectivity index is 2.12. The molecule has 0 spiro atoms. The molecule has 0 saturated carbocycles. The molecule has 1 aromatic heterocycles. The summed E-state index contributed by atoms with van der Waals surface area (Å²) in [5, 5.41) is 2.98. The lowest BCUT2D eigenvalue weighted by Gasteiger charge is -2.24. The van der Waals surface area contributed by atoms with Crippen LogP contribution in [0.3, 0.4) is 0 Å². The van der Waals surface area contributed by atoms with E-state index in [0.29, 0.717) is 23.5 Å². The highest BCUT2D eigenvalue weighted by Crippen LogP contribution is 2.14. The maximum Gasteiger partial charge on any atom is 0.254 e. The lowest BCUT2D eigenvalue weighted by Crippen LogP contribution is -2.43. The van der Waals surface area contributed by atoms with Crippen molar-refractivity contribution in [1.82, 2.24) is 15.3 Å². The minimum atomic E-state index is -0.228. The van der Waals surface area contributed by atoms with Gasteiger partial charge < -0.3 is 10.3 Å². The Kier molecular flexibility index (Phi) is 5.54. The van der Waals surface area contributed by atoms with E-state index < -0.39 is 0 Å². The number of hydrogen-bond acceptors (Lipinski definition) is 3. The summed E-state index contributed by atoms with van der Waals surface area (Å²) >= 11 is 0. The molecule has 0 aliphatic rings. The number of aromatic amines is 1. The summed E-state index contributed by atoms with van der Waals surface area (Å²) in [6.45, 7) is 7.81. The third kappa shape index (κ3) is 4.54. The molecule has 0 aliphatic heterocycles. The molecule has 0 bridgehead atoms. The molecule has 0 aliphatic carbocycles. The topological polar surface area (TPSA) is 74.8 Å². The van der Waals surface area contributed by atoms with Crippen LogP contribution in [0, 0.1) is 6.92 Å². The van der Waals surface area contributed by atoms with E-state index >= 15 is 0 Å². The number of rotatable bonds is 6. The molecular weight excluding hydrogens is 302 g/mol. The number of aryl methyl sites for hydroxylation is 1. The predicted molar refractivity (Wildman–Crippen MR) is 95.9 cm³/mol. The highest BCUT2D eigenvalue weighted by molar-refractivity contribution is 5.77. The lowest BCUT2D eigenvalue weighted by atomic mass is 10.0. The Morgan fingerprint density at radius 1 is 1.25 bits per heavy atom. The third-order valence-electron chi connectivity index (χ3n) is 4.23. The second-order valence-corrected chi connectivity index (χ2v) is 6.63. The second kappa shape index (κ2) is 7.43. The zero-order valence-electron chi connectivity index (χ0n) is 14.8. The number of amides is 1. The van der Waals surface area contributed by atoms with Gasteiger partial charge in [-0.3, -0.25) is 9.59 Å². The van der Waals surface area contributed by atoms with Crippen molar-refractivity contribution < 1.29 is 4.79 Å². The average Bonchev–Trinajstić information content (AvgIpc) is 2.54. The Morgan fingerprint density at radius 3 is 2.50 bits per heavy atom. The van der Waals surface area contributed by atoms with Gasteiger partial charge in [-0.15, -0.1) is 0 Å². The smallest absolute Gasteiger partial charge is 0.254 e. The van der Waals surface area contributed by atoms with Crippen LogP contribution in [0.15, 0.2) is 35.1 Å². The van der Waals surface area contributed by atoms with Crippen molar-refractivity contribution in [2.75, 3.05) is 0 Å². The summed E-state index contributed by atoms with van der Waals surface area (Å²) in [4.78, 5) is 31.7. The van der Waals surface area contributed by atoms with Crippen molar-refractivity contribution >= 4 is 5.91 Å². The maximum absolute atomic E-state index is 12.4. The first-order valence-corrected chi connectivity index (χ1v) is 8.28. The Morgan fingerprint density at radius 2 is 1.92 bits per heavy atom. The van der Waals surface area contributed by atoms with Crippen molar-refractivity contribution in [3.8, 4) is 11.4 Å². The van der Waals surface area contributed by atoms with Gasteiger partial charge in [-0.1, -0.05) is 37.3 Å². The number of nitrogens with zero attached hydrogens (tertiary/aromatic N) is 1. The minimum Gasteiger partial charge on any atom is -0.351 e. The summed E-state index contributed by atoms with van der Waals surface area (Å²) in [5.74, 6) is 0.506. The van der Waals surface area contributed by atoms with Crippen molar-refractivity contribution in [2.45, 2.75) is 52.5 Å². The predicted octanol–water partition coefficient (Wildman–Crippen LogP) is 2.98. The van der Waals surface area contributed by atoms with E-state index in [9.17, 15) is 9.59 Å². The van der Waals surface area contributed by atoms with E-state index in [1.807, 2.05) is 58.0 Å². The summed E-state index contributed by atoms with van der Waals surface area (Å²) in [5.41, 5.74) is 1.70. The Hall–Kier alpha value is -2.43. The lowest BCUT2D eigenvalue weighted by molar-refractivity contribution is -0.122. The first kappa shape index (κ1) is 17.9. The van der Waals surface area contributed by atoms with Crippen LogP contribution >= 0.6 is 0 Å². The molecule has 0 unspecified atom stereocenters. The molecular formula is C19H25N3O2. The molecule has 1 amide bonds. The molecule has 0 saturated heterocycles. The number of benzene rings is 1. The summed E-state index contributed by atoms with van der Waals surface area (Å²) < 4.78 is 0. The molecule has 5 heteroatoms. The quantitative estimate of drug-likeness (QED) is 0.856. The van der Waals surface area contributed by atoms with Crippen molar-refractivity contribution in [3.05, 3.63) is 51.9 Å². The van der Waals surface area contributed by atoms with Gasteiger partial charge in [0.25, 0.3) is 5.56 Å². The van der Waals surface area contributed by atoms with Crippen molar-refractivity contribution in [1.29, 1.82) is 0 Å². The van der Waals surface area contributed by atoms with Crippen LogP contribution in [0.5, 0.6) is 0 Å². The average molecular weight is 327 g/mol. The van der Waals surface area contributed by atoms with Gasteiger partial charge >= 0.3 is 0 Å². The summed E-state index contributed by atoms with van der Waals surface area (Å²) in [6.07, 6.45) is 1.51. The highest BCUT2D eigenvalue weighted by Gasteiger charge is 2.18. The zero-order chi connectivity index (χ0) is 17.7. The van der Waals surface area contributed by atoms with Gasteiger partial charge in [0, 0.05) is 28.8 Å². The molecule has 5 nitrogen and oxygen atoms in total. The number of hydrogen-bond donors (Lipinski definition) is 2. The molecule has 24 heavy (non-hydrogen) atoms. The van der Waals surface area contributed by atoms with Crippen LogP contribution in [-0.4, -0.2) is 21.4 Å². The van der Waals surface area contributed by atoms with Gasteiger partial charge in [0.15, 0.2) is 0 Å². The fourth-order valence-corrected chi connectivity index (χ4v) is 2.40. The van der Waals surface area contributed by atoms with E-state index in [-0.39, 0.29) is 23.4 Å². The van der Waals surface area contributed by atoms with Crippen LogP contribution in [0.25, 0.3) is 11.4 Å². The van der Waals surface area contributed by atoms with Crippen LogP contribution in [0.4, 0.5) is 0 Å². The van der Waals surface area contributed by atoms with Crippen LogP contribution in [0.1, 0.15) is 44.9 Å². The van der Waals surface area contributed by atoms with Crippen molar-refractivity contribution in [2.24, 2.45) is 0 Å². The fourth-order valence-electron chi connectivity index (χ4n) is 2.40. The second-order valence-electron chi connectivity index (χ2n) is 6.63. The standard InChI is InChI=1S/C19H25N3O2/c1-5-19(3,4)22-16(23)12-11-15-13(2)20-17(21-18(15)24)14-9-7-6-8-10-14/h6-10H,5,11-12H2,1-4H3,(H,22,23)(H,20,21,24). The first-order valence-electron chi connectivity index (χ1n) is 8.28. The third-order valence-corrected chi connectivity index (χ3v) is 4.23. The van der Waals surface area contributed by atoms with Gasteiger partial charge in [-0.2, -0.15) is 0 Å². The first-order chi connectivity index (χ1) is 11.3. The van der Waals surface area contributed by atoms with E-state index in [1.54, 1.807) is 0 Å². The molecule has 1 aromatic carbocycles. The van der Waals surface area contributed by atoms with Crippen LogP contribution in [-0.2, 0) is 11.2 Å². The molecule has 2 rings (SSSR count). The van der Waals surface area contributed by atoms with E-state index in [4.69, 9.17) is 0 Å². The van der Waals surface area contributed by atoms with E-state index in [1.165, 1.54) is 0 Å². The molecule has 2 aromatic rings. The summed E-state index contributed by atoms with van der Waals surface area (Å²) in [6, 6.07) is 9.52. The highest BCUT2D eigenvalue weighted by atomic mass is 16.1. The molecule has 0 radical (unpaired) electrons. The largest absolute Gasteiger partial charge is 0.351 e. The van der Waals surface area contributed by atoms with Gasteiger partial charge in [0.05, 0.1) is 0 Å². The van der Waals surface area contributed by atoms with E-state index in [2.05, 4.69) is 15.3 Å². The summed E-state index contributed by atoms with van der Waals surface area (Å²) in [7, 11) is 0. The maximum atomic E-state index is 12.4. The van der Waals surface area contributed by atoms with Gasteiger partial charge in [0.1, 0.15) is 5.82 Å². The van der Waals surface area contributed by atoms with Gasteiger partial charge in [-0.05, 0) is 33.6 Å². The zero-order valence-corrected chi connectivity index (χ0v) is 14.8. The monoisotopic (exact) mass is 327 g/mol. The Bertz CT molecular complexity index is 764. The molecule has 0 atom stereocenters. The van der Waals surface area contributed by atoms with Gasteiger partial charge in [0.2, 0.25) is 5.91 Å². The SMILES string of the molecule is CCC(C)(C)NC(=O)CCc1c(C)nc(-c2ccccc2)[nH]c1=O. The van der Waals surface area contributed by atoms with E-state index in [0.717, 1.165) is 12.0 Å². The number of carbonyl (C=O) groups is 1. The minimum absolute atomic E-state index is 0.0483. The molecule has 2 N–H and O–H groups in total. The molecule has 0 fully saturated rings. The number of carbonyl (C=O) groups excluding carboxylic acids is 1. The number of nitrogens with one attached hydrogen (secondary N) is 2. The van der Waals surface area contributed by atoms with Crippen LogP contribution < -0.4 is 10.9 Å². The molecule has 1 heterocycles. The number of aromatic nitrogens is 2. The normalized spacial score (nSPS) is 11.3. The fraction of sp³-hybridized carbons (Fsp3) is 0.421. The molecule has 128 valence electrons. The number of H-pyrrole nitrogens is 1. The Labute approximate surface area is 142 Å². The van der Waals surface area contributed by atoms with Gasteiger partial charge in [-0.25, -0.2) is 4.98 Å².